The fourth-order valence-electron chi connectivity index (χ4n) is 3.79. The Kier molecular flexibility index (Phi) is 4.48. The highest BCUT2D eigenvalue weighted by Crippen LogP contribution is 2.32. The van der Waals surface area contributed by atoms with Crippen molar-refractivity contribution in [3.63, 3.8) is 0 Å². The summed E-state index contributed by atoms with van der Waals surface area (Å²) in [6, 6.07) is 18.5. The Labute approximate surface area is 144 Å². The van der Waals surface area contributed by atoms with Gasteiger partial charge in [0.05, 0.1) is 0 Å². The van der Waals surface area contributed by atoms with E-state index < -0.39 is 0 Å². The third-order valence-electron chi connectivity index (χ3n) is 5.37. The van der Waals surface area contributed by atoms with Crippen LogP contribution in [0.2, 0.25) is 0 Å². The molecular formula is C22H25NO. The van der Waals surface area contributed by atoms with Gasteiger partial charge in [0.25, 0.3) is 0 Å². The Balaban J connectivity index is 1.43. The fourth-order valence-corrected chi connectivity index (χ4v) is 3.79. The van der Waals surface area contributed by atoms with Crippen LogP contribution in [0, 0.1) is 11.8 Å². The number of hydrogen-bond acceptors (Lipinski definition) is 2. The zero-order valence-corrected chi connectivity index (χ0v) is 14.2. The summed E-state index contributed by atoms with van der Waals surface area (Å²) in [5.74, 6) is 1.42. The second-order valence-electron chi connectivity index (χ2n) is 7.35. The Morgan fingerprint density at radius 2 is 1.62 bits per heavy atom. The van der Waals surface area contributed by atoms with E-state index >= 15 is 0 Å². The maximum Gasteiger partial charge on any atom is 0.167 e. The Morgan fingerprint density at radius 3 is 2.33 bits per heavy atom. The molecule has 2 nitrogen and oxygen atoms in total. The van der Waals surface area contributed by atoms with Gasteiger partial charge in [-0.15, -0.1) is 0 Å². The van der Waals surface area contributed by atoms with Crippen LogP contribution in [0.15, 0.2) is 54.6 Å². The molecule has 2 aliphatic rings. The first-order valence-electron chi connectivity index (χ1n) is 9.21. The molecule has 0 bridgehead atoms. The molecule has 1 aliphatic carbocycles. The monoisotopic (exact) mass is 319 g/mol. The van der Waals surface area contributed by atoms with Gasteiger partial charge in [0.1, 0.15) is 0 Å². The van der Waals surface area contributed by atoms with Crippen LogP contribution in [0.25, 0.3) is 11.1 Å². The summed E-state index contributed by atoms with van der Waals surface area (Å²) in [6.45, 7) is 3.33. The number of carbonyl (C=O) groups is 1. The third-order valence-corrected chi connectivity index (χ3v) is 5.37. The molecule has 2 heteroatoms. The van der Waals surface area contributed by atoms with E-state index in [4.69, 9.17) is 0 Å². The zero-order valence-electron chi connectivity index (χ0n) is 14.2. The molecule has 0 aromatic heterocycles. The maximum atomic E-state index is 12.9. The summed E-state index contributed by atoms with van der Waals surface area (Å²) in [5.41, 5.74) is 3.24. The molecular weight excluding hydrogens is 294 g/mol. The minimum Gasteiger partial charge on any atom is -0.302 e. The quantitative estimate of drug-likeness (QED) is 0.747. The number of ketones is 1. The highest BCUT2D eigenvalue weighted by molar-refractivity contribution is 5.98. The first kappa shape index (κ1) is 15.6. The van der Waals surface area contributed by atoms with Crippen molar-refractivity contribution in [2.24, 2.45) is 11.8 Å². The first-order chi connectivity index (χ1) is 11.8. The van der Waals surface area contributed by atoms with Gasteiger partial charge in [-0.05, 0) is 49.3 Å². The summed E-state index contributed by atoms with van der Waals surface area (Å²) in [4.78, 5) is 15.4. The Morgan fingerprint density at radius 1 is 0.917 bits per heavy atom. The van der Waals surface area contributed by atoms with E-state index in [0.29, 0.717) is 5.78 Å². The summed E-state index contributed by atoms with van der Waals surface area (Å²) < 4.78 is 0. The van der Waals surface area contributed by atoms with Crippen LogP contribution in [0.5, 0.6) is 0 Å². The highest BCUT2D eigenvalue weighted by atomic mass is 16.1. The van der Waals surface area contributed by atoms with Gasteiger partial charge < -0.3 is 4.90 Å². The lowest BCUT2D eigenvalue weighted by atomic mass is 9.89. The number of piperidine rings is 1. The van der Waals surface area contributed by atoms with Crippen molar-refractivity contribution in [2.75, 3.05) is 19.6 Å². The van der Waals surface area contributed by atoms with Crippen molar-refractivity contribution >= 4 is 5.78 Å². The van der Waals surface area contributed by atoms with E-state index in [2.05, 4.69) is 29.2 Å². The van der Waals surface area contributed by atoms with Crippen LogP contribution in [-0.2, 0) is 0 Å². The molecule has 2 fully saturated rings. The van der Waals surface area contributed by atoms with Gasteiger partial charge in [0.2, 0.25) is 0 Å². The van der Waals surface area contributed by atoms with Crippen molar-refractivity contribution < 1.29 is 4.79 Å². The molecule has 2 aromatic carbocycles. The van der Waals surface area contributed by atoms with Crippen LogP contribution in [0.1, 0.15) is 36.0 Å². The Bertz CT molecular complexity index is 688. The topological polar surface area (TPSA) is 20.3 Å². The van der Waals surface area contributed by atoms with E-state index in [0.717, 1.165) is 30.9 Å². The van der Waals surface area contributed by atoms with Gasteiger partial charge in [0.15, 0.2) is 5.78 Å². The Hall–Kier alpha value is -1.93. The highest BCUT2D eigenvalue weighted by Gasteiger charge is 2.30. The second kappa shape index (κ2) is 6.90. The van der Waals surface area contributed by atoms with Gasteiger partial charge in [-0.25, -0.2) is 0 Å². The van der Waals surface area contributed by atoms with Crippen molar-refractivity contribution in [3.8, 4) is 11.1 Å². The van der Waals surface area contributed by atoms with E-state index in [-0.39, 0.29) is 5.92 Å². The van der Waals surface area contributed by atoms with E-state index in [1.54, 1.807) is 0 Å². The van der Waals surface area contributed by atoms with Crippen molar-refractivity contribution in [3.05, 3.63) is 60.2 Å². The average molecular weight is 319 g/mol. The van der Waals surface area contributed by atoms with Crippen LogP contribution in [-0.4, -0.2) is 30.3 Å². The van der Waals surface area contributed by atoms with E-state index in [1.807, 2.05) is 30.3 Å². The lowest BCUT2D eigenvalue weighted by Crippen LogP contribution is -2.39. The molecule has 0 unspecified atom stereocenters. The normalized spacial score (nSPS) is 21.6. The number of nitrogens with zero attached hydrogens (tertiary/aromatic N) is 1. The molecule has 1 atom stereocenters. The van der Waals surface area contributed by atoms with Crippen LogP contribution in [0.3, 0.4) is 0 Å². The number of carbonyl (C=O) groups excluding carboxylic acids is 1. The van der Waals surface area contributed by atoms with Gasteiger partial charge in [-0.3, -0.25) is 4.79 Å². The standard InChI is InChI=1S/C22H25NO/c24-22(21-7-4-14-23(16-21)15-17-8-9-17)20-12-10-19(11-13-20)18-5-2-1-3-6-18/h1-3,5-6,10-13,17,21H,4,7-9,14-16H2/t21-/m1/s1. The van der Waals surface area contributed by atoms with Crippen molar-refractivity contribution in [1.29, 1.82) is 0 Å². The minimum absolute atomic E-state index is 0.181. The number of likely N-dealkylation sites (tertiary alicyclic amines) is 1. The maximum absolute atomic E-state index is 12.9. The van der Waals surface area contributed by atoms with Gasteiger partial charge in [-0.2, -0.15) is 0 Å². The molecule has 1 heterocycles. The predicted molar refractivity (Wildman–Crippen MR) is 98.1 cm³/mol. The summed E-state index contributed by atoms with van der Waals surface area (Å²) in [6.07, 6.45) is 4.97. The first-order valence-corrected chi connectivity index (χ1v) is 9.21. The number of rotatable bonds is 5. The molecule has 1 aliphatic heterocycles. The van der Waals surface area contributed by atoms with Crippen LogP contribution >= 0.6 is 0 Å². The second-order valence-corrected chi connectivity index (χ2v) is 7.35. The lowest BCUT2D eigenvalue weighted by Gasteiger charge is -2.32. The summed E-state index contributed by atoms with van der Waals surface area (Å²) >= 11 is 0. The molecule has 0 amide bonds. The molecule has 0 N–H and O–H groups in total. The number of Topliss-reactive ketones (excluding diaryl/α,β-unsaturated/α-hetero) is 1. The predicted octanol–water partition coefficient (Wildman–Crippen LogP) is 4.66. The smallest absolute Gasteiger partial charge is 0.167 e. The molecule has 4 rings (SSSR count). The van der Waals surface area contributed by atoms with Gasteiger partial charge in [0, 0.05) is 24.6 Å². The average Bonchev–Trinajstić information content (AvgIpc) is 3.46. The van der Waals surface area contributed by atoms with Crippen LogP contribution in [0.4, 0.5) is 0 Å². The summed E-state index contributed by atoms with van der Waals surface area (Å²) in [5, 5.41) is 0. The van der Waals surface area contributed by atoms with Gasteiger partial charge in [-0.1, -0.05) is 54.6 Å². The van der Waals surface area contributed by atoms with Crippen molar-refractivity contribution in [1.82, 2.24) is 4.90 Å². The van der Waals surface area contributed by atoms with E-state index in [9.17, 15) is 4.79 Å². The van der Waals surface area contributed by atoms with Gasteiger partial charge >= 0.3 is 0 Å². The molecule has 124 valence electrons. The minimum atomic E-state index is 0.181. The molecule has 24 heavy (non-hydrogen) atoms. The molecule has 0 radical (unpaired) electrons. The molecule has 1 saturated carbocycles. The van der Waals surface area contributed by atoms with E-state index in [1.165, 1.54) is 37.1 Å². The number of benzene rings is 2. The molecule has 2 aromatic rings. The zero-order chi connectivity index (χ0) is 16.4. The largest absolute Gasteiger partial charge is 0.302 e. The number of hydrogen-bond donors (Lipinski definition) is 0. The molecule has 0 spiro atoms. The molecule has 1 saturated heterocycles. The SMILES string of the molecule is O=C(c1ccc(-c2ccccc2)cc1)[C@@H]1CCCN(CC2CC2)C1. The third kappa shape index (κ3) is 3.59. The fraction of sp³-hybridized carbons (Fsp3) is 0.409. The lowest BCUT2D eigenvalue weighted by molar-refractivity contribution is 0.0814. The van der Waals surface area contributed by atoms with Crippen molar-refractivity contribution in [2.45, 2.75) is 25.7 Å². The summed E-state index contributed by atoms with van der Waals surface area (Å²) in [7, 11) is 0. The van der Waals surface area contributed by atoms with Crippen LogP contribution < -0.4 is 0 Å².